The summed E-state index contributed by atoms with van der Waals surface area (Å²) in [6.45, 7) is 1.09. The van der Waals surface area contributed by atoms with Crippen molar-refractivity contribution in [3.63, 3.8) is 0 Å². The van der Waals surface area contributed by atoms with Gasteiger partial charge in [0.2, 0.25) is 0 Å². The second-order valence-electron chi connectivity index (χ2n) is 10.3. The minimum Gasteiger partial charge on any atom is -0.504 e. The lowest BCUT2D eigenvalue weighted by atomic mass is 9.34. The Morgan fingerprint density at radius 2 is 2.04 bits per heavy atom. The highest BCUT2D eigenvalue weighted by atomic mass is 16.6. The van der Waals surface area contributed by atoms with Crippen molar-refractivity contribution in [1.82, 2.24) is 5.32 Å². The molecule has 1 aromatic carbocycles. The third-order valence-corrected chi connectivity index (χ3v) is 9.64. The van der Waals surface area contributed by atoms with Crippen molar-refractivity contribution >= 4 is 0 Å². The Morgan fingerprint density at radius 3 is 2.78 bits per heavy atom. The fourth-order valence-electron chi connectivity index (χ4n) is 8.45. The van der Waals surface area contributed by atoms with E-state index in [2.05, 4.69) is 11.4 Å². The zero-order chi connectivity index (χ0) is 18.0. The van der Waals surface area contributed by atoms with Crippen LogP contribution >= 0.6 is 0 Å². The molecule has 2 aliphatic heterocycles. The Balaban J connectivity index is 1.55. The summed E-state index contributed by atoms with van der Waals surface area (Å²) in [6.07, 6.45) is 9.87. The predicted molar refractivity (Wildman–Crippen MR) is 101 cm³/mol. The Morgan fingerprint density at radius 1 is 1.22 bits per heavy atom. The summed E-state index contributed by atoms with van der Waals surface area (Å²) in [5, 5.41) is 14.8. The first-order valence-electron chi connectivity index (χ1n) is 11.0. The molecule has 4 unspecified atom stereocenters. The van der Waals surface area contributed by atoms with Gasteiger partial charge in [0.1, 0.15) is 11.7 Å². The van der Waals surface area contributed by atoms with Crippen LogP contribution in [0, 0.1) is 17.3 Å². The van der Waals surface area contributed by atoms with Gasteiger partial charge in [-0.05, 0) is 68.5 Å². The molecule has 7 aliphatic rings. The zero-order valence-corrected chi connectivity index (χ0v) is 16.1. The monoisotopic (exact) mass is 367 g/mol. The molecule has 4 saturated carbocycles. The largest absolute Gasteiger partial charge is 0.504 e. The van der Waals surface area contributed by atoms with Crippen molar-refractivity contribution < 1.29 is 14.6 Å². The first kappa shape index (κ1) is 15.6. The van der Waals surface area contributed by atoms with Crippen molar-refractivity contribution in [2.45, 2.75) is 74.5 Å². The molecule has 2 spiro atoms. The number of aromatic hydroxyl groups is 1. The number of ether oxygens (including phenoxy) is 2. The fourth-order valence-corrected chi connectivity index (χ4v) is 8.45. The van der Waals surface area contributed by atoms with Crippen LogP contribution in [-0.4, -0.2) is 36.5 Å². The first-order valence-corrected chi connectivity index (χ1v) is 11.0. The summed E-state index contributed by atoms with van der Waals surface area (Å²) in [5.41, 5.74) is 2.90. The highest BCUT2D eigenvalue weighted by molar-refractivity contribution is 5.63. The summed E-state index contributed by atoms with van der Waals surface area (Å²) < 4.78 is 13.0. The third kappa shape index (κ3) is 1.52. The molecule has 2 N–H and O–H groups in total. The van der Waals surface area contributed by atoms with Gasteiger partial charge in [-0.15, -0.1) is 0 Å². The molecule has 4 bridgehead atoms. The molecule has 4 nitrogen and oxygen atoms in total. The summed E-state index contributed by atoms with van der Waals surface area (Å²) >= 11 is 0. The van der Waals surface area contributed by atoms with E-state index >= 15 is 0 Å². The van der Waals surface area contributed by atoms with Crippen LogP contribution in [0.3, 0.4) is 0 Å². The van der Waals surface area contributed by atoms with E-state index in [1.807, 2.05) is 13.2 Å². The Bertz CT molecular complexity index is 838. The normalized spacial score (nSPS) is 48.3. The molecule has 27 heavy (non-hydrogen) atoms. The second-order valence-corrected chi connectivity index (χ2v) is 10.3. The van der Waals surface area contributed by atoms with Crippen molar-refractivity contribution in [1.29, 1.82) is 0 Å². The minimum absolute atomic E-state index is 0.0275. The van der Waals surface area contributed by atoms with Gasteiger partial charge in [0.25, 0.3) is 0 Å². The molecule has 0 aromatic heterocycles. The van der Waals surface area contributed by atoms with Crippen molar-refractivity contribution in [2.24, 2.45) is 17.3 Å². The van der Waals surface area contributed by atoms with Crippen LogP contribution in [0.15, 0.2) is 12.1 Å². The van der Waals surface area contributed by atoms with E-state index in [0.29, 0.717) is 17.7 Å². The van der Waals surface area contributed by atoms with E-state index in [0.717, 1.165) is 37.5 Å². The number of piperidine rings is 1. The molecule has 0 amide bonds. The minimum atomic E-state index is -0.189. The number of phenols is 1. The number of nitrogens with one attached hydrogen (secondary N) is 1. The summed E-state index contributed by atoms with van der Waals surface area (Å²) in [5.74, 6) is 2.61. The van der Waals surface area contributed by atoms with Crippen LogP contribution in [-0.2, 0) is 16.6 Å². The summed E-state index contributed by atoms with van der Waals surface area (Å²) in [4.78, 5) is 0. The predicted octanol–water partition coefficient (Wildman–Crippen LogP) is 3.29. The number of benzene rings is 1. The molecule has 1 aromatic rings. The standard InChI is InChI=1S/C23H29NO3/c1-26-22-8-6-21(7-9-22)17-11-14-4-5-16(25)19-18(14)23(21,20(22)27-19)15(12-24-17)10-13-2-3-13/h4-5,13,15,17,20,24-25H,2-3,6-12H2,1H3. The quantitative estimate of drug-likeness (QED) is 0.861. The molecule has 4 atom stereocenters. The van der Waals surface area contributed by atoms with Gasteiger partial charge < -0.3 is 19.9 Å². The van der Waals surface area contributed by atoms with Crippen LogP contribution in [0.25, 0.3) is 0 Å². The highest BCUT2D eigenvalue weighted by Crippen LogP contribution is 2.76. The highest BCUT2D eigenvalue weighted by Gasteiger charge is 2.80. The lowest BCUT2D eigenvalue weighted by molar-refractivity contribution is -0.250. The lowest BCUT2D eigenvalue weighted by Crippen LogP contribution is -2.81. The number of rotatable bonds is 3. The van der Waals surface area contributed by atoms with Gasteiger partial charge in [0, 0.05) is 24.1 Å². The first-order chi connectivity index (χ1) is 13.1. The van der Waals surface area contributed by atoms with Crippen LogP contribution in [0.2, 0.25) is 0 Å². The molecular formula is C23H29NO3. The SMILES string of the molecule is COC12CCC3(CC1)C1Cc4ccc(O)c5c4C3(C(CC3CC3)CN1)C2O5. The maximum atomic E-state index is 10.8. The number of fused-ring (bicyclic) bond motifs is 2. The lowest BCUT2D eigenvalue weighted by Gasteiger charge is -2.72. The maximum Gasteiger partial charge on any atom is 0.165 e. The second kappa shape index (κ2) is 4.65. The van der Waals surface area contributed by atoms with Gasteiger partial charge in [0.15, 0.2) is 11.5 Å². The van der Waals surface area contributed by atoms with Crippen LogP contribution < -0.4 is 10.1 Å². The van der Waals surface area contributed by atoms with Crippen molar-refractivity contribution in [2.75, 3.05) is 13.7 Å². The van der Waals surface area contributed by atoms with E-state index < -0.39 is 0 Å². The number of hydrogen-bond donors (Lipinski definition) is 2. The molecule has 8 rings (SSSR count). The number of hydrogen-bond acceptors (Lipinski definition) is 4. The van der Waals surface area contributed by atoms with Crippen molar-refractivity contribution in [3.05, 3.63) is 23.3 Å². The Kier molecular flexibility index (Phi) is 2.70. The van der Waals surface area contributed by atoms with Crippen molar-refractivity contribution in [3.8, 4) is 11.5 Å². The topological polar surface area (TPSA) is 50.7 Å². The molecule has 4 heteroatoms. The van der Waals surface area contributed by atoms with Gasteiger partial charge in [-0.25, -0.2) is 0 Å². The molecule has 5 fully saturated rings. The third-order valence-electron chi connectivity index (χ3n) is 9.64. The van der Waals surface area contributed by atoms with Crippen LogP contribution in [0.1, 0.15) is 56.1 Å². The molecule has 5 aliphatic carbocycles. The van der Waals surface area contributed by atoms with Gasteiger partial charge in [-0.2, -0.15) is 0 Å². The van der Waals surface area contributed by atoms with Gasteiger partial charge in [-0.3, -0.25) is 0 Å². The number of methoxy groups -OCH3 is 1. The zero-order valence-electron chi connectivity index (χ0n) is 16.1. The maximum absolute atomic E-state index is 10.8. The average molecular weight is 367 g/mol. The fraction of sp³-hybridized carbons (Fsp3) is 0.739. The van der Waals surface area contributed by atoms with Gasteiger partial charge in [0.05, 0.1) is 5.41 Å². The van der Waals surface area contributed by atoms with E-state index in [-0.39, 0.29) is 22.5 Å². The van der Waals surface area contributed by atoms with Gasteiger partial charge in [-0.1, -0.05) is 18.9 Å². The van der Waals surface area contributed by atoms with Gasteiger partial charge >= 0.3 is 0 Å². The van der Waals surface area contributed by atoms with E-state index in [9.17, 15) is 5.11 Å². The molecule has 2 heterocycles. The molecule has 0 radical (unpaired) electrons. The smallest absolute Gasteiger partial charge is 0.165 e. The van der Waals surface area contributed by atoms with E-state index in [1.54, 1.807) is 0 Å². The molecule has 1 saturated heterocycles. The van der Waals surface area contributed by atoms with E-state index in [1.165, 1.54) is 43.2 Å². The van der Waals surface area contributed by atoms with E-state index in [4.69, 9.17) is 9.47 Å². The molecule has 144 valence electrons. The Labute approximate surface area is 160 Å². The number of phenolic OH excluding ortho intramolecular Hbond substituents is 1. The summed E-state index contributed by atoms with van der Waals surface area (Å²) in [7, 11) is 1.89. The average Bonchev–Trinajstić information content (AvgIpc) is 3.43. The van der Waals surface area contributed by atoms with Crippen LogP contribution in [0.5, 0.6) is 11.5 Å². The van der Waals surface area contributed by atoms with Crippen LogP contribution in [0.4, 0.5) is 0 Å². The Hall–Kier alpha value is -1.26. The molecular weight excluding hydrogens is 338 g/mol. The summed E-state index contributed by atoms with van der Waals surface area (Å²) in [6, 6.07) is 4.56.